The summed E-state index contributed by atoms with van der Waals surface area (Å²) in [7, 11) is 0. The summed E-state index contributed by atoms with van der Waals surface area (Å²) in [6.45, 7) is 6.90. The van der Waals surface area contributed by atoms with E-state index >= 15 is 0 Å². The fourth-order valence-corrected chi connectivity index (χ4v) is 0.938. The Morgan fingerprint density at radius 2 is 2.75 bits per heavy atom. The lowest BCUT2D eigenvalue weighted by Crippen LogP contribution is -1.71. The second-order valence-electron chi connectivity index (χ2n) is 1.24. The minimum atomic E-state index is 0.428. The summed E-state index contributed by atoms with van der Waals surface area (Å²) < 4.78 is 0. The topological polar surface area (TPSA) is 17.2 Å². The third-order valence-corrected chi connectivity index (χ3v) is 1.46. The van der Waals surface area contributed by atoms with Gasteiger partial charge in [-0.3, -0.25) is 0 Å². The van der Waals surface area contributed by atoms with Gasteiger partial charge in [-0.25, -0.2) is 11.6 Å². The molecule has 1 heterocycles. The van der Waals surface area contributed by atoms with Gasteiger partial charge in [0.1, 0.15) is 0 Å². The predicted octanol–water partition coefficient (Wildman–Crippen LogP) is 1.56. The summed E-state index contributed by atoms with van der Waals surface area (Å²) in [5, 5.41) is 2.78. The second-order valence-corrected chi connectivity index (χ2v) is 2.22. The normalized spacial score (nSPS) is 8.38. The first-order valence-electron chi connectivity index (χ1n) is 2.15. The zero-order valence-electron chi connectivity index (χ0n) is 4.16. The first-order valence-corrected chi connectivity index (χ1v) is 3.03. The molecule has 0 atom stereocenters. The van der Waals surface area contributed by atoms with Gasteiger partial charge in [-0.1, -0.05) is 0 Å². The molecule has 0 fully saturated rings. The Kier molecular flexibility index (Phi) is 1.60. The van der Waals surface area contributed by atoms with Crippen LogP contribution >= 0.6 is 11.3 Å². The molecule has 0 aliphatic rings. The van der Waals surface area contributed by atoms with Crippen molar-refractivity contribution in [3.63, 3.8) is 0 Å². The van der Waals surface area contributed by atoms with Gasteiger partial charge < -0.3 is 4.85 Å². The Bertz CT molecular complexity index is 185. The largest absolute Gasteiger partial charge is 0.309 e. The van der Waals surface area contributed by atoms with E-state index in [-0.39, 0.29) is 0 Å². The summed E-state index contributed by atoms with van der Waals surface area (Å²) >= 11 is 1.52. The van der Waals surface area contributed by atoms with Crippen molar-refractivity contribution in [2.75, 3.05) is 0 Å². The van der Waals surface area contributed by atoms with E-state index in [1.807, 2.05) is 5.38 Å². The molecule has 0 spiro atoms. The van der Waals surface area contributed by atoms with E-state index in [0.29, 0.717) is 6.54 Å². The molecule has 3 heteroatoms. The molecule has 1 rings (SSSR count). The van der Waals surface area contributed by atoms with E-state index in [2.05, 4.69) is 9.83 Å². The lowest BCUT2D eigenvalue weighted by Gasteiger charge is -1.73. The van der Waals surface area contributed by atoms with Crippen molar-refractivity contribution in [1.29, 1.82) is 0 Å². The van der Waals surface area contributed by atoms with Crippen molar-refractivity contribution in [1.82, 2.24) is 4.98 Å². The molecule has 0 amide bonds. The summed E-state index contributed by atoms with van der Waals surface area (Å²) in [6, 6.07) is 0. The van der Waals surface area contributed by atoms with Crippen LogP contribution in [0.4, 0.5) is 0 Å². The highest BCUT2D eigenvalue weighted by Gasteiger charge is 1.93. The van der Waals surface area contributed by atoms with Gasteiger partial charge in [-0.15, -0.1) is 11.3 Å². The number of nitrogens with zero attached hydrogens (tertiary/aromatic N) is 2. The van der Waals surface area contributed by atoms with Gasteiger partial charge >= 0.3 is 0 Å². The molecule has 1 aromatic heterocycles. The van der Waals surface area contributed by atoms with Gasteiger partial charge in [0.05, 0.1) is 0 Å². The highest BCUT2D eigenvalue weighted by Crippen LogP contribution is 2.03. The summed E-state index contributed by atoms with van der Waals surface area (Å²) in [5.41, 5.74) is 0. The molecule has 0 N–H and O–H groups in total. The Labute approximate surface area is 51.6 Å². The maximum Gasteiger partial charge on any atom is 0.265 e. The SMILES string of the molecule is [C-]#[N+]Cc1nccs1. The van der Waals surface area contributed by atoms with Crippen molar-refractivity contribution in [2.45, 2.75) is 6.54 Å². The van der Waals surface area contributed by atoms with Gasteiger partial charge in [0.2, 0.25) is 0 Å². The maximum absolute atomic E-state index is 6.47. The molecule has 0 radical (unpaired) electrons. The number of hydrogen-bond donors (Lipinski definition) is 0. The van der Waals surface area contributed by atoms with E-state index in [4.69, 9.17) is 6.57 Å². The fourth-order valence-electron chi connectivity index (χ4n) is 0.399. The molecule has 0 unspecified atom stereocenters. The minimum Gasteiger partial charge on any atom is -0.309 e. The van der Waals surface area contributed by atoms with Gasteiger partial charge in [0, 0.05) is 11.6 Å². The van der Waals surface area contributed by atoms with Crippen LogP contribution in [0.5, 0.6) is 0 Å². The van der Waals surface area contributed by atoms with Crippen molar-refractivity contribution >= 4 is 11.3 Å². The van der Waals surface area contributed by atoms with E-state index < -0.39 is 0 Å². The molecule has 1 aromatic rings. The van der Waals surface area contributed by atoms with Crippen LogP contribution < -0.4 is 0 Å². The lowest BCUT2D eigenvalue weighted by molar-refractivity contribution is 1.18. The van der Waals surface area contributed by atoms with Crippen molar-refractivity contribution in [2.24, 2.45) is 0 Å². The predicted molar refractivity (Wildman–Crippen MR) is 32.4 cm³/mol. The average Bonchev–Trinajstić information content (AvgIpc) is 2.19. The Morgan fingerprint density at radius 1 is 1.88 bits per heavy atom. The highest BCUT2D eigenvalue weighted by atomic mass is 32.1. The molecule has 0 aliphatic heterocycles. The zero-order chi connectivity index (χ0) is 5.82. The minimum absolute atomic E-state index is 0.428. The first-order chi connectivity index (χ1) is 3.93. The van der Waals surface area contributed by atoms with Crippen LogP contribution in [-0.4, -0.2) is 4.98 Å². The van der Waals surface area contributed by atoms with Crippen LogP contribution in [0.2, 0.25) is 0 Å². The monoisotopic (exact) mass is 124 g/mol. The molecule has 0 aromatic carbocycles. The van der Waals surface area contributed by atoms with Gasteiger partial charge in [0.15, 0.2) is 5.01 Å². The van der Waals surface area contributed by atoms with Crippen molar-refractivity contribution in [3.05, 3.63) is 28.0 Å². The lowest BCUT2D eigenvalue weighted by atomic mass is 10.7. The number of rotatable bonds is 1. The van der Waals surface area contributed by atoms with Crippen LogP contribution in [-0.2, 0) is 6.54 Å². The molecule has 2 nitrogen and oxygen atoms in total. The van der Waals surface area contributed by atoms with Crippen LogP contribution in [0.25, 0.3) is 4.85 Å². The number of aromatic nitrogens is 1. The van der Waals surface area contributed by atoms with Crippen molar-refractivity contribution in [3.8, 4) is 0 Å². The molecule has 8 heavy (non-hydrogen) atoms. The quantitative estimate of drug-likeness (QED) is 0.519. The Hall–Kier alpha value is -0.880. The van der Waals surface area contributed by atoms with E-state index in [9.17, 15) is 0 Å². The van der Waals surface area contributed by atoms with Crippen LogP contribution in [0.1, 0.15) is 5.01 Å². The molecule has 40 valence electrons. The molecular weight excluding hydrogens is 120 g/mol. The third kappa shape index (κ3) is 1.04. The molecule has 0 saturated carbocycles. The van der Waals surface area contributed by atoms with E-state index in [1.165, 1.54) is 11.3 Å². The van der Waals surface area contributed by atoms with Gasteiger partial charge in [-0.05, 0) is 0 Å². The van der Waals surface area contributed by atoms with Crippen LogP contribution in [0.15, 0.2) is 11.6 Å². The number of thiazole rings is 1. The van der Waals surface area contributed by atoms with Crippen molar-refractivity contribution < 1.29 is 0 Å². The third-order valence-electron chi connectivity index (χ3n) is 0.698. The van der Waals surface area contributed by atoms with Gasteiger partial charge in [-0.2, -0.15) is 0 Å². The van der Waals surface area contributed by atoms with Crippen LogP contribution in [0.3, 0.4) is 0 Å². The average molecular weight is 124 g/mol. The molecular formula is C5H4N2S. The molecule has 0 aliphatic carbocycles. The number of hydrogen-bond acceptors (Lipinski definition) is 2. The van der Waals surface area contributed by atoms with Gasteiger partial charge in [0.25, 0.3) is 6.54 Å². The highest BCUT2D eigenvalue weighted by molar-refractivity contribution is 7.09. The summed E-state index contributed by atoms with van der Waals surface area (Å²) in [6.07, 6.45) is 1.71. The maximum atomic E-state index is 6.47. The zero-order valence-corrected chi connectivity index (χ0v) is 4.98. The molecule has 0 bridgehead atoms. The standard InChI is InChI=1S/C5H4N2S/c1-6-4-5-7-2-3-8-5/h2-3H,4H2. The Morgan fingerprint density at radius 3 is 3.25 bits per heavy atom. The fraction of sp³-hybridized carbons (Fsp3) is 0.200. The Balaban J connectivity index is 2.67. The molecule has 0 saturated heterocycles. The summed E-state index contributed by atoms with van der Waals surface area (Å²) in [4.78, 5) is 7.09. The first kappa shape index (κ1) is 5.26. The summed E-state index contributed by atoms with van der Waals surface area (Å²) in [5.74, 6) is 0. The smallest absolute Gasteiger partial charge is 0.265 e. The second kappa shape index (κ2) is 2.43. The van der Waals surface area contributed by atoms with E-state index in [1.54, 1.807) is 6.20 Å². The van der Waals surface area contributed by atoms with Crippen LogP contribution in [0, 0.1) is 6.57 Å². The van der Waals surface area contributed by atoms with E-state index in [0.717, 1.165) is 5.01 Å².